The van der Waals surface area contributed by atoms with Gasteiger partial charge in [0.15, 0.2) is 0 Å². The highest BCUT2D eigenvalue weighted by Gasteiger charge is 2.56. The van der Waals surface area contributed by atoms with Crippen molar-refractivity contribution in [2.75, 3.05) is 0 Å². The van der Waals surface area contributed by atoms with Gasteiger partial charge in [-0.2, -0.15) is 0 Å². The van der Waals surface area contributed by atoms with E-state index in [-0.39, 0.29) is 0 Å². The molecule has 0 aromatic rings. The second-order valence-corrected chi connectivity index (χ2v) is 4.40. The first-order valence-electron chi connectivity index (χ1n) is 4.63. The number of allylic oxidation sites excluding steroid dienone is 4. The summed E-state index contributed by atoms with van der Waals surface area (Å²) in [6, 6.07) is 0. The van der Waals surface area contributed by atoms with Crippen LogP contribution in [0.15, 0.2) is 36.5 Å². The average Bonchev–Trinajstić information content (AvgIpc) is 2.72. The molecule has 0 nitrogen and oxygen atoms in total. The maximum atomic E-state index is 4.13. The van der Waals surface area contributed by atoms with E-state index in [2.05, 4.69) is 33.1 Å². The van der Waals surface area contributed by atoms with Crippen molar-refractivity contribution in [3.8, 4) is 0 Å². The highest BCUT2D eigenvalue weighted by atomic mass is 14.6. The van der Waals surface area contributed by atoms with Crippen LogP contribution in [-0.4, -0.2) is 0 Å². The molecule has 0 saturated heterocycles. The normalized spacial score (nSPS) is 44.8. The summed E-state index contributed by atoms with van der Waals surface area (Å²) in [5.74, 6) is 1.44. The summed E-state index contributed by atoms with van der Waals surface area (Å²) in [6.45, 7) is 12.6. The molecule has 0 bridgehead atoms. The highest BCUT2D eigenvalue weighted by Crippen LogP contribution is 2.64. The molecular weight excluding hydrogens is 144 g/mol. The van der Waals surface area contributed by atoms with Gasteiger partial charge in [-0.3, -0.25) is 0 Å². The van der Waals surface area contributed by atoms with Gasteiger partial charge in [0, 0.05) is 0 Å². The van der Waals surface area contributed by atoms with Crippen molar-refractivity contribution in [3.63, 3.8) is 0 Å². The van der Waals surface area contributed by atoms with Crippen LogP contribution >= 0.6 is 0 Å². The zero-order chi connectivity index (χ0) is 8.93. The van der Waals surface area contributed by atoms with E-state index in [4.69, 9.17) is 0 Å². The first-order valence-corrected chi connectivity index (χ1v) is 4.63. The van der Waals surface area contributed by atoms with E-state index < -0.39 is 0 Å². The maximum Gasteiger partial charge on any atom is -0.00967 e. The molecule has 2 aliphatic rings. The van der Waals surface area contributed by atoms with Crippen LogP contribution in [0.25, 0.3) is 0 Å². The van der Waals surface area contributed by atoms with Gasteiger partial charge < -0.3 is 0 Å². The summed E-state index contributed by atoms with van der Waals surface area (Å²) in [4.78, 5) is 0. The van der Waals surface area contributed by atoms with Crippen LogP contribution in [0, 0.1) is 17.3 Å². The van der Waals surface area contributed by atoms with Crippen molar-refractivity contribution in [1.29, 1.82) is 0 Å². The Bertz CT molecular complexity index is 282. The molecule has 3 unspecified atom stereocenters. The molecule has 0 aromatic heterocycles. The number of hydrogen-bond donors (Lipinski definition) is 0. The van der Waals surface area contributed by atoms with Crippen LogP contribution in [0.2, 0.25) is 0 Å². The summed E-state index contributed by atoms with van der Waals surface area (Å²) >= 11 is 0. The van der Waals surface area contributed by atoms with Gasteiger partial charge in [0.05, 0.1) is 0 Å². The number of rotatable bonds is 1. The fourth-order valence-corrected chi connectivity index (χ4v) is 2.37. The summed E-state index contributed by atoms with van der Waals surface area (Å²) < 4.78 is 0. The fourth-order valence-electron chi connectivity index (χ4n) is 2.37. The quantitative estimate of drug-likeness (QED) is 0.552. The van der Waals surface area contributed by atoms with Crippen LogP contribution < -0.4 is 0 Å². The Morgan fingerprint density at radius 1 is 1.67 bits per heavy atom. The second-order valence-electron chi connectivity index (χ2n) is 4.40. The first kappa shape index (κ1) is 7.85. The van der Waals surface area contributed by atoms with E-state index >= 15 is 0 Å². The van der Waals surface area contributed by atoms with Crippen molar-refractivity contribution in [2.45, 2.75) is 20.3 Å². The topological polar surface area (TPSA) is 0 Å². The van der Waals surface area contributed by atoms with E-state index in [9.17, 15) is 0 Å². The Kier molecular flexibility index (Phi) is 1.39. The predicted octanol–water partition coefficient (Wildman–Crippen LogP) is 3.33. The van der Waals surface area contributed by atoms with Crippen molar-refractivity contribution < 1.29 is 0 Å². The SMILES string of the molecule is C=CC1=CC(C)C2(C)CC2C1=C. The highest BCUT2D eigenvalue weighted by molar-refractivity contribution is 5.47. The molecule has 1 saturated carbocycles. The minimum absolute atomic E-state index is 0.531. The minimum atomic E-state index is 0.531. The van der Waals surface area contributed by atoms with Crippen molar-refractivity contribution in [2.24, 2.45) is 17.3 Å². The standard InChI is InChI=1S/C12H16/c1-5-10-6-8(2)12(4)7-11(12)9(10)3/h5-6,8,11H,1,3,7H2,2,4H3. The summed E-state index contributed by atoms with van der Waals surface area (Å²) in [6.07, 6.45) is 5.58. The molecule has 0 N–H and O–H groups in total. The lowest BCUT2D eigenvalue weighted by molar-refractivity contribution is 0.400. The molecule has 64 valence electrons. The molecule has 0 spiro atoms. The zero-order valence-electron chi connectivity index (χ0n) is 7.93. The van der Waals surface area contributed by atoms with Crippen molar-refractivity contribution in [3.05, 3.63) is 36.5 Å². The van der Waals surface area contributed by atoms with Gasteiger partial charge in [-0.1, -0.05) is 39.2 Å². The van der Waals surface area contributed by atoms with Gasteiger partial charge in [-0.05, 0) is 34.8 Å². The van der Waals surface area contributed by atoms with Crippen LogP contribution in [0.3, 0.4) is 0 Å². The van der Waals surface area contributed by atoms with Gasteiger partial charge in [0.1, 0.15) is 0 Å². The third-order valence-corrected chi connectivity index (χ3v) is 3.76. The second kappa shape index (κ2) is 2.12. The van der Waals surface area contributed by atoms with E-state index in [1.54, 1.807) is 0 Å². The number of fused-ring (bicyclic) bond motifs is 1. The lowest BCUT2D eigenvalue weighted by Gasteiger charge is -2.24. The first-order chi connectivity index (χ1) is 5.59. The molecule has 0 heteroatoms. The van der Waals surface area contributed by atoms with Gasteiger partial charge in [-0.25, -0.2) is 0 Å². The average molecular weight is 160 g/mol. The van der Waals surface area contributed by atoms with Crippen LogP contribution in [0.5, 0.6) is 0 Å². The van der Waals surface area contributed by atoms with Gasteiger partial charge >= 0.3 is 0 Å². The third-order valence-electron chi connectivity index (χ3n) is 3.76. The van der Waals surface area contributed by atoms with E-state index in [0.717, 1.165) is 5.92 Å². The molecule has 2 aliphatic carbocycles. The van der Waals surface area contributed by atoms with Crippen molar-refractivity contribution >= 4 is 0 Å². The van der Waals surface area contributed by atoms with Gasteiger partial charge in [0.25, 0.3) is 0 Å². The molecule has 1 fully saturated rings. The molecule has 0 radical (unpaired) electrons. The van der Waals surface area contributed by atoms with Gasteiger partial charge in [-0.15, -0.1) is 0 Å². The molecule has 3 atom stereocenters. The summed E-state index contributed by atoms with van der Waals surface area (Å²) in [5.41, 5.74) is 3.12. The van der Waals surface area contributed by atoms with Crippen LogP contribution in [0.1, 0.15) is 20.3 Å². The van der Waals surface area contributed by atoms with E-state index in [0.29, 0.717) is 11.3 Å². The molecule has 0 heterocycles. The summed E-state index contributed by atoms with van der Waals surface area (Å²) in [5, 5.41) is 0. The van der Waals surface area contributed by atoms with E-state index in [1.165, 1.54) is 17.6 Å². The molecule has 0 aliphatic heterocycles. The lowest BCUT2D eigenvalue weighted by atomic mass is 9.80. The molecule has 0 aromatic carbocycles. The Hall–Kier alpha value is -0.780. The van der Waals surface area contributed by atoms with Crippen LogP contribution in [-0.2, 0) is 0 Å². The fraction of sp³-hybridized carbons (Fsp3) is 0.500. The molecule has 12 heavy (non-hydrogen) atoms. The lowest BCUT2D eigenvalue weighted by Crippen LogP contribution is -2.15. The Morgan fingerprint density at radius 2 is 2.33 bits per heavy atom. The van der Waals surface area contributed by atoms with Gasteiger partial charge in [0.2, 0.25) is 0 Å². The third kappa shape index (κ3) is 0.782. The smallest absolute Gasteiger partial charge is 0.00967 e. The predicted molar refractivity (Wildman–Crippen MR) is 52.8 cm³/mol. The minimum Gasteiger partial charge on any atom is -0.0985 e. The molecule has 2 rings (SSSR count). The number of hydrogen-bond acceptors (Lipinski definition) is 0. The molecular formula is C12H16. The summed E-state index contributed by atoms with van der Waals surface area (Å²) in [7, 11) is 0. The van der Waals surface area contributed by atoms with E-state index in [1.807, 2.05) is 6.08 Å². The zero-order valence-corrected chi connectivity index (χ0v) is 7.93. The van der Waals surface area contributed by atoms with Crippen LogP contribution in [0.4, 0.5) is 0 Å². The largest absolute Gasteiger partial charge is 0.0985 e. The molecule has 0 amide bonds. The monoisotopic (exact) mass is 160 g/mol. The Labute approximate surface area is 74.7 Å². The van der Waals surface area contributed by atoms with Crippen molar-refractivity contribution in [1.82, 2.24) is 0 Å². The maximum absolute atomic E-state index is 4.13. The Balaban J connectivity index is 2.38. The Morgan fingerprint density at radius 3 is 2.92 bits per heavy atom.